The lowest BCUT2D eigenvalue weighted by atomic mass is 10.0. The van der Waals surface area contributed by atoms with E-state index in [1.54, 1.807) is 0 Å². The summed E-state index contributed by atoms with van der Waals surface area (Å²) in [6, 6.07) is 5.80. The van der Waals surface area contributed by atoms with Crippen molar-refractivity contribution >= 4 is 17.8 Å². The van der Waals surface area contributed by atoms with Crippen molar-refractivity contribution in [2.75, 3.05) is 0 Å². The third-order valence-electron chi connectivity index (χ3n) is 2.70. The van der Waals surface area contributed by atoms with Crippen LogP contribution >= 0.6 is 0 Å². The maximum absolute atomic E-state index is 9.77. The van der Waals surface area contributed by atoms with Crippen molar-refractivity contribution in [3.8, 4) is 0 Å². The van der Waals surface area contributed by atoms with Crippen LogP contribution in [0, 0.1) is 19.3 Å². The summed E-state index contributed by atoms with van der Waals surface area (Å²) < 4.78 is 0. The Morgan fingerprint density at radius 1 is 1.10 bits per heavy atom. The molecule has 0 aliphatic heterocycles. The number of carboxylic acids is 2. The molecule has 0 radical (unpaired) electrons. The first kappa shape index (κ1) is 18.6. The molecular weight excluding hydrogens is 280 g/mol. The van der Waals surface area contributed by atoms with Gasteiger partial charge in [0.25, 0.3) is 0 Å². The Bertz CT molecular complexity index is 525. The number of nitrogens with two attached hydrogens (primary N) is 1. The van der Waals surface area contributed by atoms with Crippen LogP contribution < -0.4 is 5.73 Å². The van der Waals surface area contributed by atoms with Gasteiger partial charge in [-0.2, -0.15) is 0 Å². The number of hydrogen-bond acceptors (Lipinski definition) is 5. The largest absolute Gasteiger partial charge is 0.479 e. The number of benzene rings is 1. The average Bonchev–Trinajstić information content (AvgIpc) is 2.40. The molecule has 2 atom stereocenters. The lowest BCUT2D eigenvalue weighted by Gasteiger charge is -2.07. The Hall–Kier alpha value is -2.45. The molecule has 1 rings (SSSR count). The highest BCUT2D eigenvalue weighted by molar-refractivity contribution is 5.96. The van der Waals surface area contributed by atoms with Crippen molar-refractivity contribution in [2.24, 2.45) is 5.73 Å². The third-order valence-corrected chi connectivity index (χ3v) is 2.70. The lowest BCUT2D eigenvalue weighted by molar-refractivity contribution is -0.165. The minimum Gasteiger partial charge on any atom is -0.479 e. The fraction of sp³-hybridized carbons (Fsp3) is 0.308. The number of amidine groups is 1. The molecular formula is C13H18N2O6. The van der Waals surface area contributed by atoms with Crippen molar-refractivity contribution < 1.29 is 30.0 Å². The van der Waals surface area contributed by atoms with Gasteiger partial charge in [0, 0.05) is 5.56 Å². The minimum absolute atomic E-state index is 0.145. The number of hydrogen-bond donors (Lipinski definition) is 6. The monoisotopic (exact) mass is 298 g/mol. The summed E-state index contributed by atoms with van der Waals surface area (Å²) in [6.07, 6.45) is -4.53. The fourth-order valence-corrected chi connectivity index (χ4v) is 1.31. The molecule has 0 heterocycles. The first-order valence-corrected chi connectivity index (χ1v) is 5.82. The van der Waals surface area contributed by atoms with E-state index in [2.05, 4.69) is 0 Å². The van der Waals surface area contributed by atoms with Gasteiger partial charge in [-0.3, -0.25) is 5.41 Å². The Kier molecular flexibility index (Phi) is 7.05. The van der Waals surface area contributed by atoms with E-state index in [9.17, 15) is 9.59 Å². The predicted molar refractivity (Wildman–Crippen MR) is 74.2 cm³/mol. The Labute approximate surface area is 121 Å². The second-order valence-corrected chi connectivity index (χ2v) is 4.23. The van der Waals surface area contributed by atoms with E-state index in [-0.39, 0.29) is 5.84 Å². The molecule has 0 fully saturated rings. The molecule has 2 unspecified atom stereocenters. The van der Waals surface area contributed by atoms with Gasteiger partial charge in [0.05, 0.1) is 0 Å². The zero-order valence-electron chi connectivity index (χ0n) is 11.6. The van der Waals surface area contributed by atoms with Crippen molar-refractivity contribution in [1.29, 1.82) is 5.41 Å². The van der Waals surface area contributed by atoms with Gasteiger partial charge in [-0.1, -0.05) is 18.2 Å². The lowest BCUT2D eigenvalue weighted by Crippen LogP contribution is -2.39. The SMILES string of the molecule is Cc1cccc(C(=N)N)c1C.O=C(O)C(O)C(O)C(=O)O. The minimum atomic E-state index is -2.27. The molecule has 0 saturated carbocycles. The van der Waals surface area contributed by atoms with E-state index in [1.807, 2.05) is 32.0 Å². The normalized spacial score (nSPS) is 12.6. The zero-order valence-corrected chi connectivity index (χ0v) is 11.6. The van der Waals surface area contributed by atoms with Crippen LogP contribution in [-0.2, 0) is 9.59 Å². The van der Waals surface area contributed by atoms with Crippen LogP contribution in [0.15, 0.2) is 18.2 Å². The summed E-state index contributed by atoms with van der Waals surface area (Å²) in [7, 11) is 0. The number of aryl methyl sites for hydroxylation is 1. The molecule has 8 heteroatoms. The molecule has 0 bridgehead atoms. The van der Waals surface area contributed by atoms with Crippen LogP contribution in [0.3, 0.4) is 0 Å². The van der Waals surface area contributed by atoms with Gasteiger partial charge in [-0.25, -0.2) is 9.59 Å². The number of carboxylic acid groups (broad SMARTS) is 2. The van der Waals surface area contributed by atoms with E-state index in [4.69, 9.17) is 31.6 Å². The van der Waals surface area contributed by atoms with Gasteiger partial charge >= 0.3 is 11.9 Å². The van der Waals surface area contributed by atoms with Crippen molar-refractivity contribution in [2.45, 2.75) is 26.1 Å². The van der Waals surface area contributed by atoms with E-state index in [0.29, 0.717) is 0 Å². The Morgan fingerprint density at radius 3 is 1.81 bits per heavy atom. The molecule has 21 heavy (non-hydrogen) atoms. The maximum atomic E-state index is 9.77. The number of aliphatic carboxylic acids is 2. The molecule has 0 aliphatic rings. The second kappa shape index (κ2) is 7.98. The van der Waals surface area contributed by atoms with E-state index >= 15 is 0 Å². The highest BCUT2D eigenvalue weighted by Crippen LogP contribution is 2.11. The summed E-state index contributed by atoms with van der Waals surface area (Å²) >= 11 is 0. The first-order chi connectivity index (χ1) is 9.59. The number of aliphatic hydroxyl groups excluding tert-OH is 2. The van der Waals surface area contributed by atoms with Crippen LogP contribution in [0.4, 0.5) is 0 Å². The summed E-state index contributed by atoms with van der Waals surface area (Å²) in [6.45, 7) is 3.99. The van der Waals surface area contributed by atoms with Gasteiger partial charge in [0.15, 0.2) is 12.2 Å². The predicted octanol–water partition coefficient (Wildman–Crippen LogP) is -0.535. The molecule has 116 valence electrons. The van der Waals surface area contributed by atoms with Crippen LogP contribution in [0.5, 0.6) is 0 Å². The summed E-state index contributed by atoms with van der Waals surface area (Å²) in [5, 5.41) is 39.8. The number of nitrogen functional groups attached to an aromatic ring is 1. The van der Waals surface area contributed by atoms with Gasteiger partial charge in [-0.05, 0) is 25.0 Å². The van der Waals surface area contributed by atoms with Gasteiger partial charge in [0.2, 0.25) is 0 Å². The number of rotatable bonds is 4. The molecule has 0 aromatic heterocycles. The summed E-state index contributed by atoms with van der Waals surface area (Å²) in [4.78, 5) is 19.5. The van der Waals surface area contributed by atoms with Gasteiger partial charge in [0.1, 0.15) is 5.84 Å². The van der Waals surface area contributed by atoms with E-state index < -0.39 is 24.1 Å². The van der Waals surface area contributed by atoms with Gasteiger partial charge < -0.3 is 26.2 Å². The first-order valence-electron chi connectivity index (χ1n) is 5.82. The maximum Gasteiger partial charge on any atom is 0.335 e. The Balaban J connectivity index is 0.000000384. The van der Waals surface area contributed by atoms with Crippen molar-refractivity contribution in [1.82, 2.24) is 0 Å². The van der Waals surface area contributed by atoms with Crippen LogP contribution in [0.2, 0.25) is 0 Å². The molecule has 0 saturated heterocycles. The average molecular weight is 298 g/mol. The van der Waals surface area contributed by atoms with E-state index in [1.165, 1.54) is 5.56 Å². The van der Waals surface area contributed by atoms with E-state index in [0.717, 1.165) is 11.1 Å². The molecule has 7 N–H and O–H groups in total. The fourth-order valence-electron chi connectivity index (χ4n) is 1.31. The van der Waals surface area contributed by atoms with Crippen LogP contribution in [-0.4, -0.2) is 50.4 Å². The van der Waals surface area contributed by atoms with Gasteiger partial charge in [-0.15, -0.1) is 0 Å². The molecule has 8 nitrogen and oxygen atoms in total. The molecule has 0 amide bonds. The number of carbonyl (C=O) groups is 2. The summed E-state index contributed by atoms with van der Waals surface area (Å²) in [5.74, 6) is -3.39. The number of aliphatic hydroxyl groups is 2. The van der Waals surface area contributed by atoms with Crippen molar-refractivity contribution in [3.05, 3.63) is 34.9 Å². The number of nitrogens with one attached hydrogen (secondary N) is 1. The quantitative estimate of drug-likeness (QED) is 0.321. The summed E-state index contributed by atoms with van der Waals surface area (Å²) in [5.41, 5.74) is 8.48. The highest BCUT2D eigenvalue weighted by Gasteiger charge is 2.29. The molecule has 1 aromatic carbocycles. The second-order valence-electron chi connectivity index (χ2n) is 4.23. The van der Waals surface area contributed by atoms with Crippen LogP contribution in [0.25, 0.3) is 0 Å². The van der Waals surface area contributed by atoms with Crippen molar-refractivity contribution in [3.63, 3.8) is 0 Å². The molecule has 1 aromatic rings. The molecule has 0 aliphatic carbocycles. The molecule has 0 spiro atoms. The highest BCUT2D eigenvalue weighted by atomic mass is 16.4. The smallest absolute Gasteiger partial charge is 0.335 e. The Morgan fingerprint density at radius 2 is 1.52 bits per heavy atom. The third kappa shape index (κ3) is 5.59. The standard InChI is InChI=1S/C9H12N2.C4H6O6/c1-6-4-3-5-8(7(6)2)9(10)11;5-1(3(7)8)2(6)4(9)10/h3-5H,1-2H3,(H3,10,11);1-2,5-6H,(H,7,8)(H,9,10). The topological polar surface area (TPSA) is 165 Å². The zero-order chi connectivity index (χ0) is 16.7. The van der Waals surface area contributed by atoms with Crippen LogP contribution in [0.1, 0.15) is 16.7 Å².